The zero-order valence-electron chi connectivity index (χ0n) is 16.1. The fourth-order valence-corrected chi connectivity index (χ4v) is 2.79. The van der Waals surface area contributed by atoms with Crippen LogP contribution < -0.4 is 10.1 Å². The normalized spacial score (nSPS) is 11.3. The smallest absolute Gasteiger partial charge is 0.416 e. The molecule has 0 unspecified atom stereocenters. The molecule has 0 aromatic heterocycles. The Balaban J connectivity index is 2.00. The number of ether oxygens (including phenoxy) is 1. The molecule has 31 heavy (non-hydrogen) atoms. The van der Waals surface area contributed by atoms with Gasteiger partial charge < -0.3 is 15.2 Å². The number of anilines is 1. The number of halogens is 5. The number of aliphatic hydroxyl groups is 1. The predicted molar refractivity (Wildman–Crippen MR) is 103 cm³/mol. The highest BCUT2D eigenvalue weighted by molar-refractivity contribution is 6.06. The first-order chi connectivity index (χ1) is 14.6. The number of amides is 1. The van der Waals surface area contributed by atoms with Gasteiger partial charge in [0.25, 0.3) is 5.91 Å². The van der Waals surface area contributed by atoms with E-state index in [4.69, 9.17) is 9.84 Å². The van der Waals surface area contributed by atoms with Gasteiger partial charge in [0.15, 0.2) is 0 Å². The molecule has 0 saturated heterocycles. The second kappa shape index (κ2) is 8.73. The van der Waals surface area contributed by atoms with Crippen molar-refractivity contribution in [1.29, 1.82) is 0 Å². The van der Waals surface area contributed by atoms with Crippen LogP contribution >= 0.6 is 0 Å². The summed E-state index contributed by atoms with van der Waals surface area (Å²) in [5, 5.41) is 11.5. The molecule has 0 bridgehead atoms. The summed E-state index contributed by atoms with van der Waals surface area (Å²) in [6, 6.07) is 9.31. The largest absolute Gasteiger partial charge is 0.456 e. The van der Waals surface area contributed by atoms with Gasteiger partial charge >= 0.3 is 6.18 Å². The quantitative estimate of drug-likeness (QED) is 0.494. The first-order valence-corrected chi connectivity index (χ1v) is 8.94. The van der Waals surface area contributed by atoms with E-state index in [1.807, 2.05) is 0 Å². The minimum atomic E-state index is -4.71. The van der Waals surface area contributed by atoms with E-state index < -0.39 is 41.5 Å². The standard InChI is InChI=1S/C22H16F5NO3/c1-12-8-15(23)3-7-19(12)31-20-6-2-14(22(25,26)27)10-17(20)21(30)28-16-4-5-18(24)13(9-16)11-29/h2-10,29H,11H2,1H3,(H,28,30). The van der Waals surface area contributed by atoms with Gasteiger partial charge in [0.2, 0.25) is 0 Å². The van der Waals surface area contributed by atoms with E-state index in [9.17, 15) is 26.7 Å². The molecule has 4 nitrogen and oxygen atoms in total. The molecule has 0 saturated carbocycles. The maximum Gasteiger partial charge on any atom is 0.416 e. The van der Waals surface area contributed by atoms with Gasteiger partial charge in [-0.05, 0) is 67.1 Å². The van der Waals surface area contributed by atoms with Crippen LogP contribution in [0.5, 0.6) is 11.5 Å². The zero-order chi connectivity index (χ0) is 22.8. The Kier molecular flexibility index (Phi) is 6.26. The Morgan fingerprint density at radius 1 is 1.00 bits per heavy atom. The summed E-state index contributed by atoms with van der Waals surface area (Å²) in [4.78, 5) is 12.8. The first-order valence-electron chi connectivity index (χ1n) is 8.94. The Bertz CT molecular complexity index is 1130. The van der Waals surface area contributed by atoms with Gasteiger partial charge in [-0.25, -0.2) is 8.78 Å². The molecule has 0 heterocycles. The van der Waals surface area contributed by atoms with E-state index in [0.29, 0.717) is 11.6 Å². The molecule has 0 aliphatic rings. The number of aliphatic hydroxyl groups excluding tert-OH is 1. The van der Waals surface area contributed by atoms with Crippen LogP contribution in [0.2, 0.25) is 0 Å². The van der Waals surface area contributed by atoms with Crippen molar-refractivity contribution in [1.82, 2.24) is 0 Å². The lowest BCUT2D eigenvalue weighted by atomic mass is 10.1. The van der Waals surface area contributed by atoms with Crippen molar-refractivity contribution >= 4 is 11.6 Å². The third kappa shape index (κ3) is 5.18. The van der Waals surface area contributed by atoms with E-state index in [1.165, 1.54) is 25.1 Å². The summed E-state index contributed by atoms with van der Waals surface area (Å²) < 4.78 is 72.0. The second-order valence-electron chi connectivity index (χ2n) is 6.64. The fourth-order valence-electron chi connectivity index (χ4n) is 2.79. The number of alkyl halides is 3. The molecule has 0 fully saturated rings. The molecular formula is C22H16F5NO3. The van der Waals surface area contributed by atoms with Crippen LogP contribution in [-0.4, -0.2) is 11.0 Å². The van der Waals surface area contributed by atoms with Gasteiger partial charge in [0.1, 0.15) is 23.1 Å². The number of aryl methyl sites for hydroxylation is 1. The van der Waals surface area contributed by atoms with Crippen LogP contribution in [0, 0.1) is 18.6 Å². The molecule has 3 aromatic rings. The molecule has 0 aliphatic heterocycles. The summed E-state index contributed by atoms with van der Waals surface area (Å²) in [7, 11) is 0. The van der Waals surface area contributed by atoms with Crippen LogP contribution in [0.25, 0.3) is 0 Å². The molecule has 162 valence electrons. The molecule has 3 rings (SSSR count). The first kappa shape index (κ1) is 22.2. The lowest BCUT2D eigenvalue weighted by molar-refractivity contribution is -0.137. The van der Waals surface area contributed by atoms with E-state index in [2.05, 4.69) is 5.32 Å². The fraction of sp³-hybridized carbons (Fsp3) is 0.136. The van der Waals surface area contributed by atoms with Crippen LogP contribution in [0.4, 0.5) is 27.6 Å². The summed E-state index contributed by atoms with van der Waals surface area (Å²) >= 11 is 0. The maximum absolute atomic E-state index is 13.5. The molecule has 0 aliphatic carbocycles. The number of carbonyl (C=O) groups excluding carboxylic acids is 1. The van der Waals surface area contributed by atoms with E-state index >= 15 is 0 Å². The Morgan fingerprint density at radius 3 is 2.35 bits per heavy atom. The molecule has 9 heteroatoms. The van der Waals surface area contributed by atoms with Gasteiger partial charge in [0, 0.05) is 11.3 Å². The number of hydrogen-bond acceptors (Lipinski definition) is 3. The highest BCUT2D eigenvalue weighted by Gasteiger charge is 2.32. The van der Waals surface area contributed by atoms with E-state index in [1.54, 1.807) is 0 Å². The molecule has 0 spiro atoms. The average molecular weight is 437 g/mol. The average Bonchev–Trinajstić information content (AvgIpc) is 2.70. The monoisotopic (exact) mass is 437 g/mol. The third-order valence-electron chi connectivity index (χ3n) is 4.38. The molecule has 0 radical (unpaired) electrons. The molecule has 0 atom stereocenters. The minimum Gasteiger partial charge on any atom is -0.456 e. The van der Waals surface area contributed by atoms with Crippen molar-refractivity contribution in [3.63, 3.8) is 0 Å². The van der Waals surface area contributed by atoms with Gasteiger partial charge in [-0.1, -0.05) is 0 Å². The van der Waals surface area contributed by atoms with Crippen LogP contribution in [0.3, 0.4) is 0 Å². The molecule has 2 N–H and O–H groups in total. The van der Waals surface area contributed by atoms with Gasteiger partial charge in [-0.15, -0.1) is 0 Å². The van der Waals surface area contributed by atoms with Gasteiger partial charge in [-0.2, -0.15) is 13.2 Å². The van der Waals surface area contributed by atoms with Crippen molar-refractivity contribution in [3.8, 4) is 11.5 Å². The Morgan fingerprint density at radius 2 is 1.71 bits per heavy atom. The summed E-state index contributed by atoms with van der Waals surface area (Å²) in [6.07, 6.45) is -4.71. The summed E-state index contributed by atoms with van der Waals surface area (Å²) in [5.41, 5.74) is -1.17. The Hall–Kier alpha value is -3.46. The highest BCUT2D eigenvalue weighted by Crippen LogP contribution is 2.35. The van der Waals surface area contributed by atoms with Crippen molar-refractivity contribution in [2.75, 3.05) is 5.32 Å². The van der Waals surface area contributed by atoms with Gasteiger partial charge in [0.05, 0.1) is 17.7 Å². The topological polar surface area (TPSA) is 58.6 Å². The SMILES string of the molecule is Cc1cc(F)ccc1Oc1ccc(C(F)(F)F)cc1C(=O)Nc1ccc(F)c(CO)c1. The highest BCUT2D eigenvalue weighted by atomic mass is 19.4. The Labute approximate surface area is 173 Å². The van der Waals surface area contributed by atoms with Crippen molar-refractivity contribution in [2.45, 2.75) is 19.7 Å². The lowest BCUT2D eigenvalue weighted by Crippen LogP contribution is -2.15. The number of carbonyl (C=O) groups is 1. The number of rotatable bonds is 5. The second-order valence-corrected chi connectivity index (χ2v) is 6.64. The van der Waals surface area contributed by atoms with Crippen molar-refractivity contribution in [3.05, 3.63) is 88.5 Å². The number of benzene rings is 3. The van der Waals surface area contributed by atoms with Crippen LogP contribution in [0.15, 0.2) is 54.6 Å². The molecule has 1 amide bonds. The summed E-state index contributed by atoms with van der Waals surface area (Å²) in [5.74, 6) is -2.21. The molecular weight excluding hydrogens is 421 g/mol. The van der Waals surface area contributed by atoms with Crippen LogP contribution in [-0.2, 0) is 12.8 Å². The van der Waals surface area contributed by atoms with Crippen molar-refractivity contribution < 1.29 is 36.6 Å². The van der Waals surface area contributed by atoms with Crippen molar-refractivity contribution in [2.24, 2.45) is 0 Å². The van der Waals surface area contributed by atoms with E-state index in [-0.39, 0.29) is 22.7 Å². The van der Waals surface area contributed by atoms with Crippen LogP contribution in [0.1, 0.15) is 27.0 Å². The van der Waals surface area contributed by atoms with E-state index in [0.717, 1.165) is 30.3 Å². The predicted octanol–water partition coefficient (Wildman–Crippen LogP) is 5.83. The molecule has 3 aromatic carbocycles. The lowest BCUT2D eigenvalue weighted by Gasteiger charge is -2.16. The maximum atomic E-state index is 13.5. The summed E-state index contributed by atoms with van der Waals surface area (Å²) in [6.45, 7) is 0.911. The zero-order valence-corrected chi connectivity index (χ0v) is 16.1. The number of hydrogen-bond donors (Lipinski definition) is 2. The third-order valence-corrected chi connectivity index (χ3v) is 4.38. The number of nitrogens with one attached hydrogen (secondary N) is 1. The van der Waals surface area contributed by atoms with Gasteiger partial charge in [-0.3, -0.25) is 4.79 Å². The minimum absolute atomic E-state index is 0.0665.